The maximum atomic E-state index is 13.0. The Hall–Kier alpha value is -1.93. The minimum Gasteiger partial charge on any atom is -0.461 e. The van der Waals surface area contributed by atoms with Gasteiger partial charge in [0.15, 0.2) is 5.60 Å². The summed E-state index contributed by atoms with van der Waals surface area (Å²) in [6, 6.07) is -0.122. The first-order valence-corrected chi connectivity index (χ1v) is 9.87. The second-order valence-corrected chi connectivity index (χ2v) is 8.08. The first-order chi connectivity index (χ1) is 13.2. The number of carbonyl (C=O) groups excluding carboxylic acids is 3. The predicted molar refractivity (Wildman–Crippen MR) is 98.0 cm³/mol. The Labute approximate surface area is 164 Å². The van der Waals surface area contributed by atoms with Gasteiger partial charge in [-0.3, -0.25) is 14.5 Å². The van der Waals surface area contributed by atoms with Crippen LogP contribution in [0.3, 0.4) is 0 Å². The monoisotopic (exact) mass is 395 g/mol. The molecule has 0 bridgehead atoms. The SMILES string of the molecule is CC[C@@H]1C(=O)O[C@H]2CCN3CC=C(COC(=O)[C@](C)(O)[C@@H](C)[C@H]1OC(C)=O)[C@@H]23. The van der Waals surface area contributed by atoms with Gasteiger partial charge in [-0.1, -0.05) is 19.9 Å². The third-order valence-corrected chi connectivity index (χ3v) is 6.29. The zero-order chi connectivity index (χ0) is 20.6. The minimum atomic E-state index is -1.93. The highest BCUT2D eigenvalue weighted by atomic mass is 16.6. The lowest BCUT2D eigenvalue weighted by atomic mass is 9.79. The molecule has 6 atom stereocenters. The molecule has 0 aromatic rings. The van der Waals surface area contributed by atoms with Crippen LogP contribution in [-0.4, -0.2) is 71.5 Å². The summed E-state index contributed by atoms with van der Waals surface area (Å²) in [6.45, 7) is 7.46. The van der Waals surface area contributed by atoms with Gasteiger partial charge in [0.05, 0.1) is 12.0 Å². The average molecular weight is 395 g/mol. The Kier molecular flexibility index (Phi) is 5.82. The molecule has 0 radical (unpaired) electrons. The summed E-state index contributed by atoms with van der Waals surface area (Å²) in [5.41, 5.74) is -1.04. The van der Waals surface area contributed by atoms with Crippen LogP contribution in [0.25, 0.3) is 0 Å². The average Bonchev–Trinajstić information content (AvgIpc) is 3.20. The van der Waals surface area contributed by atoms with Crippen molar-refractivity contribution in [3.05, 3.63) is 11.6 Å². The number of esters is 3. The third kappa shape index (κ3) is 3.67. The van der Waals surface area contributed by atoms with Crippen LogP contribution in [0.15, 0.2) is 11.6 Å². The van der Waals surface area contributed by atoms with Crippen molar-refractivity contribution in [2.24, 2.45) is 11.8 Å². The number of ether oxygens (including phenoxy) is 3. The molecular formula is C20H29NO7. The van der Waals surface area contributed by atoms with Gasteiger partial charge in [-0.25, -0.2) is 4.79 Å². The van der Waals surface area contributed by atoms with E-state index in [0.717, 1.165) is 12.1 Å². The highest BCUT2D eigenvalue weighted by Gasteiger charge is 2.50. The van der Waals surface area contributed by atoms with Crippen LogP contribution < -0.4 is 0 Å². The number of carbonyl (C=O) groups is 3. The molecule has 3 aliphatic heterocycles. The number of rotatable bonds is 2. The smallest absolute Gasteiger partial charge is 0.338 e. The van der Waals surface area contributed by atoms with Crippen LogP contribution in [0.2, 0.25) is 0 Å². The summed E-state index contributed by atoms with van der Waals surface area (Å²) in [5, 5.41) is 10.9. The van der Waals surface area contributed by atoms with Crippen molar-refractivity contribution in [3.63, 3.8) is 0 Å². The van der Waals surface area contributed by atoms with Crippen molar-refractivity contribution in [3.8, 4) is 0 Å². The van der Waals surface area contributed by atoms with Crippen molar-refractivity contribution in [2.75, 3.05) is 19.7 Å². The number of hydrogen-bond donors (Lipinski definition) is 1. The summed E-state index contributed by atoms with van der Waals surface area (Å²) >= 11 is 0. The van der Waals surface area contributed by atoms with E-state index < -0.39 is 41.4 Å². The lowest BCUT2D eigenvalue weighted by molar-refractivity contribution is -0.187. The van der Waals surface area contributed by atoms with Crippen LogP contribution in [0.4, 0.5) is 0 Å². The second kappa shape index (κ2) is 7.83. The Morgan fingerprint density at radius 3 is 2.79 bits per heavy atom. The van der Waals surface area contributed by atoms with Crippen LogP contribution in [0.5, 0.6) is 0 Å². The molecule has 0 spiro atoms. The molecule has 8 nitrogen and oxygen atoms in total. The number of aliphatic hydroxyl groups is 1. The zero-order valence-corrected chi connectivity index (χ0v) is 16.8. The summed E-state index contributed by atoms with van der Waals surface area (Å²) in [7, 11) is 0. The van der Waals surface area contributed by atoms with Crippen molar-refractivity contribution in [1.82, 2.24) is 4.90 Å². The molecule has 8 heteroatoms. The van der Waals surface area contributed by atoms with Gasteiger partial charge in [-0.2, -0.15) is 0 Å². The van der Waals surface area contributed by atoms with Crippen molar-refractivity contribution in [2.45, 2.75) is 64.4 Å². The quantitative estimate of drug-likeness (QED) is 0.416. The van der Waals surface area contributed by atoms with Gasteiger partial charge in [0.1, 0.15) is 18.8 Å². The fraction of sp³-hybridized carbons (Fsp3) is 0.750. The summed E-state index contributed by atoms with van der Waals surface area (Å²) in [5.74, 6) is -3.51. The van der Waals surface area contributed by atoms with Gasteiger partial charge >= 0.3 is 17.9 Å². The van der Waals surface area contributed by atoms with Gasteiger partial charge < -0.3 is 19.3 Å². The van der Waals surface area contributed by atoms with E-state index in [1.807, 2.05) is 6.08 Å². The zero-order valence-electron chi connectivity index (χ0n) is 16.8. The maximum Gasteiger partial charge on any atom is 0.338 e. The molecule has 0 amide bonds. The lowest BCUT2D eigenvalue weighted by Crippen LogP contribution is -2.53. The van der Waals surface area contributed by atoms with E-state index in [1.165, 1.54) is 13.8 Å². The predicted octanol–water partition coefficient (Wildman–Crippen LogP) is 0.814. The molecule has 3 heterocycles. The molecule has 156 valence electrons. The van der Waals surface area contributed by atoms with Crippen LogP contribution in [0.1, 0.15) is 40.5 Å². The fourth-order valence-electron chi connectivity index (χ4n) is 4.42. The third-order valence-electron chi connectivity index (χ3n) is 6.29. The molecule has 0 unspecified atom stereocenters. The van der Waals surface area contributed by atoms with Crippen LogP contribution in [-0.2, 0) is 28.6 Å². The molecule has 0 saturated carbocycles. The van der Waals surface area contributed by atoms with Crippen molar-refractivity contribution >= 4 is 17.9 Å². The van der Waals surface area contributed by atoms with Crippen LogP contribution >= 0.6 is 0 Å². The maximum absolute atomic E-state index is 13.0. The van der Waals surface area contributed by atoms with Crippen LogP contribution in [0, 0.1) is 11.8 Å². The van der Waals surface area contributed by atoms with E-state index in [4.69, 9.17) is 14.2 Å². The van der Waals surface area contributed by atoms with E-state index in [0.29, 0.717) is 19.4 Å². The van der Waals surface area contributed by atoms with Gasteiger partial charge in [0.2, 0.25) is 0 Å². The van der Waals surface area contributed by atoms with E-state index in [2.05, 4.69) is 4.90 Å². The lowest BCUT2D eigenvalue weighted by Gasteiger charge is -2.37. The van der Waals surface area contributed by atoms with Gasteiger partial charge in [0, 0.05) is 25.9 Å². The highest BCUT2D eigenvalue weighted by Crippen LogP contribution is 2.36. The molecule has 2 fully saturated rings. The fourth-order valence-corrected chi connectivity index (χ4v) is 4.42. The van der Waals surface area contributed by atoms with Gasteiger partial charge in [-0.05, 0) is 25.3 Å². The van der Waals surface area contributed by atoms with E-state index in [9.17, 15) is 19.5 Å². The van der Waals surface area contributed by atoms with E-state index >= 15 is 0 Å². The molecule has 3 rings (SSSR count). The molecule has 0 aromatic carbocycles. The van der Waals surface area contributed by atoms with Crippen molar-refractivity contribution in [1.29, 1.82) is 0 Å². The molecule has 0 aliphatic carbocycles. The molecule has 0 aromatic heterocycles. The summed E-state index contributed by atoms with van der Waals surface area (Å²) < 4.78 is 16.7. The molecule has 28 heavy (non-hydrogen) atoms. The highest BCUT2D eigenvalue weighted by molar-refractivity contribution is 5.80. The van der Waals surface area contributed by atoms with Crippen molar-refractivity contribution < 1.29 is 33.7 Å². The first kappa shape index (κ1) is 20.8. The Morgan fingerprint density at radius 2 is 2.14 bits per heavy atom. The number of cyclic esters (lactones) is 1. The van der Waals surface area contributed by atoms with Gasteiger partial charge in [-0.15, -0.1) is 0 Å². The molecule has 3 aliphatic rings. The summed E-state index contributed by atoms with van der Waals surface area (Å²) in [6.07, 6.45) is 1.69. The van der Waals surface area contributed by atoms with Gasteiger partial charge in [0.25, 0.3) is 0 Å². The Morgan fingerprint density at radius 1 is 1.43 bits per heavy atom. The Bertz CT molecular complexity index is 686. The Balaban J connectivity index is 1.98. The summed E-state index contributed by atoms with van der Waals surface area (Å²) in [4.78, 5) is 39.5. The first-order valence-electron chi connectivity index (χ1n) is 9.87. The molecule has 2 saturated heterocycles. The number of nitrogens with zero attached hydrogens (tertiary/aromatic N) is 1. The largest absolute Gasteiger partial charge is 0.461 e. The molecule has 1 N–H and O–H groups in total. The normalized spacial score (nSPS) is 39.2. The molecular weight excluding hydrogens is 366 g/mol. The second-order valence-electron chi connectivity index (χ2n) is 8.08. The standard InChI is InChI=1S/C20H29NO7/c1-5-14-17(27-12(3)22)11(2)20(4,25)19(24)26-10-13-6-8-21-9-7-15(16(13)21)28-18(14)23/h6,11,14-17,25H,5,7-10H2,1-4H3/t11-,14-,15-,16-,17+,20+/m0/s1. The topological polar surface area (TPSA) is 102 Å². The van der Waals surface area contributed by atoms with E-state index in [-0.39, 0.29) is 18.8 Å². The van der Waals surface area contributed by atoms with E-state index in [1.54, 1.807) is 13.8 Å². The minimum absolute atomic E-state index is 0.0341. The number of hydrogen-bond acceptors (Lipinski definition) is 8.